The summed E-state index contributed by atoms with van der Waals surface area (Å²) in [6, 6.07) is 6.08. The summed E-state index contributed by atoms with van der Waals surface area (Å²) in [5.41, 5.74) is 2.41. The zero-order valence-corrected chi connectivity index (χ0v) is 18.4. The summed E-state index contributed by atoms with van der Waals surface area (Å²) in [4.78, 5) is 24.0. The number of piperidine rings is 1. The molecule has 158 valence electrons. The van der Waals surface area contributed by atoms with Crippen molar-refractivity contribution in [1.82, 2.24) is 24.6 Å². The second kappa shape index (κ2) is 8.47. The minimum absolute atomic E-state index is 0.126. The van der Waals surface area contributed by atoms with Gasteiger partial charge in [-0.2, -0.15) is 5.10 Å². The van der Waals surface area contributed by atoms with Crippen LogP contribution >= 0.6 is 11.3 Å². The van der Waals surface area contributed by atoms with Crippen LogP contribution in [-0.2, 0) is 6.54 Å². The second-order valence-corrected chi connectivity index (χ2v) is 9.71. The first-order valence-electron chi connectivity index (χ1n) is 11.0. The molecule has 7 heteroatoms. The molecule has 0 spiro atoms. The molecule has 2 aliphatic rings. The van der Waals surface area contributed by atoms with Gasteiger partial charge < -0.3 is 9.80 Å². The lowest BCUT2D eigenvalue weighted by Gasteiger charge is -2.34. The fraction of sp³-hybridized carbons (Fsp3) is 0.522. The zero-order valence-electron chi connectivity index (χ0n) is 17.6. The molecule has 0 aliphatic carbocycles. The highest BCUT2D eigenvalue weighted by atomic mass is 32.1. The maximum absolute atomic E-state index is 13.4. The Morgan fingerprint density at radius 2 is 2.00 bits per heavy atom. The van der Waals surface area contributed by atoms with Crippen LogP contribution in [0.4, 0.5) is 0 Å². The monoisotopic (exact) mass is 423 g/mol. The molecule has 1 amide bonds. The fourth-order valence-corrected chi connectivity index (χ4v) is 5.52. The molecule has 0 bridgehead atoms. The lowest BCUT2D eigenvalue weighted by Crippen LogP contribution is -2.41. The molecule has 0 atom stereocenters. The van der Waals surface area contributed by atoms with E-state index in [0.29, 0.717) is 6.54 Å². The Balaban J connectivity index is 1.32. The molecule has 0 N–H and O–H groups in total. The second-order valence-electron chi connectivity index (χ2n) is 8.67. The number of pyridine rings is 1. The molecule has 2 saturated heterocycles. The van der Waals surface area contributed by atoms with Crippen molar-refractivity contribution in [1.29, 1.82) is 0 Å². The summed E-state index contributed by atoms with van der Waals surface area (Å²) in [7, 11) is 0. The number of carbonyl (C=O) groups is 1. The average molecular weight is 424 g/mol. The molecule has 3 aromatic heterocycles. The van der Waals surface area contributed by atoms with Crippen LogP contribution in [-0.4, -0.2) is 63.2 Å². The topological polar surface area (TPSA) is 54.3 Å². The van der Waals surface area contributed by atoms with E-state index >= 15 is 0 Å². The Kier molecular flexibility index (Phi) is 5.56. The smallest absolute Gasteiger partial charge is 0.254 e. The highest BCUT2D eigenvalue weighted by molar-refractivity contribution is 7.09. The van der Waals surface area contributed by atoms with Gasteiger partial charge in [0.1, 0.15) is 0 Å². The Labute approximate surface area is 181 Å². The number of aryl methyl sites for hydroxylation is 1. The minimum atomic E-state index is 0.126. The molecule has 0 saturated carbocycles. The number of amides is 1. The highest BCUT2D eigenvalue weighted by Gasteiger charge is 2.27. The van der Waals surface area contributed by atoms with E-state index in [1.807, 2.05) is 34.8 Å². The summed E-state index contributed by atoms with van der Waals surface area (Å²) >= 11 is 1.71. The van der Waals surface area contributed by atoms with E-state index in [4.69, 9.17) is 4.98 Å². The Bertz CT molecular complexity index is 1010. The maximum Gasteiger partial charge on any atom is 0.254 e. The van der Waals surface area contributed by atoms with E-state index in [9.17, 15) is 4.79 Å². The van der Waals surface area contributed by atoms with Crippen molar-refractivity contribution in [3.05, 3.63) is 45.9 Å². The van der Waals surface area contributed by atoms with Crippen LogP contribution in [0.2, 0.25) is 0 Å². The Morgan fingerprint density at radius 1 is 1.20 bits per heavy atom. The molecule has 0 unspecified atom stereocenters. The summed E-state index contributed by atoms with van der Waals surface area (Å²) in [5.74, 6) is 0.848. The van der Waals surface area contributed by atoms with E-state index in [0.717, 1.165) is 54.1 Å². The van der Waals surface area contributed by atoms with Crippen LogP contribution < -0.4 is 0 Å². The largest absolute Gasteiger partial charge is 0.339 e. The van der Waals surface area contributed by atoms with Crippen LogP contribution in [0.5, 0.6) is 0 Å². The van der Waals surface area contributed by atoms with Crippen molar-refractivity contribution in [2.24, 2.45) is 5.92 Å². The predicted molar refractivity (Wildman–Crippen MR) is 120 cm³/mol. The van der Waals surface area contributed by atoms with Gasteiger partial charge in [0, 0.05) is 30.2 Å². The van der Waals surface area contributed by atoms with Crippen molar-refractivity contribution >= 4 is 28.3 Å². The number of carbonyl (C=O) groups excluding carboxylic acids is 1. The highest BCUT2D eigenvalue weighted by Crippen LogP contribution is 2.25. The van der Waals surface area contributed by atoms with Gasteiger partial charge >= 0.3 is 0 Å². The Morgan fingerprint density at radius 3 is 2.73 bits per heavy atom. The molecular formula is C23H29N5OS. The van der Waals surface area contributed by atoms with E-state index in [1.54, 1.807) is 11.3 Å². The normalized spacial score (nSPS) is 18.5. The van der Waals surface area contributed by atoms with Gasteiger partial charge in [0.15, 0.2) is 5.65 Å². The van der Waals surface area contributed by atoms with Gasteiger partial charge in [0.05, 0.1) is 23.7 Å². The van der Waals surface area contributed by atoms with Crippen molar-refractivity contribution in [3.63, 3.8) is 0 Å². The summed E-state index contributed by atoms with van der Waals surface area (Å²) in [5, 5.41) is 7.49. The summed E-state index contributed by atoms with van der Waals surface area (Å²) in [6.07, 6.45) is 6.70. The third-order valence-corrected chi connectivity index (χ3v) is 7.33. The molecule has 6 nitrogen and oxygen atoms in total. The molecule has 5 rings (SSSR count). The van der Waals surface area contributed by atoms with E-state index < -0.39 is 0 Å². The predicted octanol–water partition coefficient (Wildman–Crippen LogP) is 3.80. The number of hydrogen-bond acceptors (Lipinski definition) is 5. The molecule has 5 heterocycles. The van der Waals surface area contributed by atoms with Gasteiger partial charge in [-0.3, -0.25) is 4.79 Å². The van der Waals surface area contributed by atoms with Crippen molar-refractivity contribution in [3.8, 4) is 0 Å². The van der Waals surface area contributed by atoms with Gasteiger partial charge in [-0.05, 0) is 69.1 Å². The third-order valence-electron chi connectivity index (χ3n) is 6.47. The molecule has 3 aromatic rings. The number of thiophene rings is 1. The van der Waals surface area contributed by atoms with Crippen molar-refractivity contribution < 1.29 is 4.79 Å². The quantitative estimate of drug-likeness (QED) is 0.626. The lowest BCUT2D eigenvalue weighted by molar-refractivity contribution is 0.0675. The fourth-order valence-electron chi connectivity index (χ4n) is 4.83. The third kappa shape index (κ3) is 4.01. The lowest BCUT2D eigenvalue weighted by atomic mass is 9.95. The van der Waals surface area contributed by atoms with Crippen molar-refractivity contribution in [2.45, 2.75) is 39.2 Å². The van der Waals surface area contributed by atoms with Gasteiger partial charge in [-0.15, -0.1) is 11.3 Å². The van der Waals surface area contributed by atoms with Gasteiger partial charge in [0.25, 0.3) is 5.91 Å². The molecule has 30 heavy (non-hydrogen) atoms. The van der Waals surface area contributed by atoms with Gasteiger partial charge in [-0.25, -0.2) is 9.67 Å². The van der Waals surface area contributed by atoms with E-state index in [-0.39, 0.29) is 5.91 Å². The molecule has 0 aromatic carbocycles. The number of likely N-dealkylation sites (tertiary alicyclic amines) is 2. The van der Waals surface area contributed by atoms with Crippen LogP contribution in [0.3, 0.4) is 0 Å². The maximum atomic E-state index is 13.4. The van der Waals surface area contributed by atoms with Gasteiger partial charge in [-0.1, -0.05) is 6.07 Å². The molecule has 2 aliphatic heterocycles. The number of aromatic nitrogens is 3. The zero-order chi connectivity index (χ0) is 20.5. The van der Waals surface area contributed by atoms with Crippen LogP contribution in [0.1, 0.15) is 46.6 Å². The van der Waals surface area contributed by atoms with Crippen LogP contribution in [0.15, 0.2) is 29.8 Å². The molecular weight excluding hydrogens is 394 g/mol. The standard InChI is InChI=1S/C23H29N5OS/c1-17-13-20(21-14-24-28(22(21)25-17)16-19-5-4-12-30-19)23(29)27-10-6-18(7-11-27)15-26-8-2-3-9-26/h4-5,12-14,18H,2-3,6-11,15-16H2,1H3. The van der Waals surface area contributed by atoms with Crippen LogP contribution in [0, 0.1) is 12.8 Å². The van der Waals surface area contributed by atoms with Crippen LogP contribution in [0.25, 0.3) is 11.0 Å². The molecule has 2 fully saturated rings. The minimum Gasteiger partial charge on any atom is -0.339 e. The number of hydrogen-bond donors (Lipinski definition) is 0. The SMILES string of the molecule is Cc1cc(C(=O)N2CCC(CN3CCCC3)CC2)c2cnn(Cc3cccs3)c2n1. The number of fused-ring (bicyclic) bond motifs is 1. The number of nitrogens with zero attached hydrogens (tertiary/aromatic N) is 5. The van der Waals surface area contributed by atoms with E-state index in [1.165, 1.54) is 37.4 Å². The summed E-state index contributed by atoms with van der Waals surface area (Å²) < 4.78 is 1.91. The number of rotatable bonds is 5. The first kappa shape index (κ1) is 19.7. The average Bonchev–Trinajstić information content (AvgIpc) is 3.51. The van der Waals surface area contributed by atoms with Crippen molar-refractivity contribution in [2.75, 3.05) is 32.7 Å². The first-order valence-corrected chi connectivity index (χ1v) is 11.9. The van der Waals surface area contributed by atoms with E-state index in [2.05, 4.69) is 21.4 Å². The summed E-state index contributed by atoms with van der Waals surface area (Å²) in [6.45, 7) is 8.06. The Hall–Kier alpha value is -2.25. The first-order chi connectivity index (χ1) is 14.7. The van der Waals surface area contributed by atoms with Gasteiger partial charge in [0.2, 0.25) is 0 Å². The molecule has 0 radical (unpaired) electrons.